The van der Waals surface area contributed by atoms with Gasteiger partial charge < -0.3 is 4.57 Å². The Morgan fingerprint density at radius 2 is 0.911 bits per heavy atom. The third-order valence-electron chi connectivity index (χ3n) is 8.10. The van der Waals surface area contributed by atoms with Gasteiger partial charge in [0.2, 0.25) is 0 Å². The number of aromatic nitrogens is 4. The van der Waals surface area contributed by atoms with Gasteiger partial charge in [0.1, 0.15) is 0 Å². The molecule has 0 atom stereocenters. The first-order chi connectivity index (χ1) is 22.3. The van der Waals surface area contributed by atoms with Crippen molar-refractivity contribution < 1.29 is 0 Å². The zero-order valence-corrected chi connectivity index (χ0v) is 24.2. The van der Waals surface area contributed by atoms with Crippen LogP contribution >= 0.6 is 0 Å². The van der Waals surface area contributed by atoms with Crippen molar-refractivity contribution in [3.8, 4) is 57.0 Å². The maximum absolute atomic E-state index is 9.44. The van der Waals surface area contributed by atoms with Crippen LogP contribution in [0.5, 0.6) is 0 Å². The van der Waals surface area contributed by atoms with Crippen molar-refractivity contribution in [1.29, 1.82) is 5.26 Å². The summed E-state index contributed by atoms with van der Waals surface area (Å²) in [6.45, 7) is 0. The Morgan fingerprint density at radius 1 is 0.444 bits per heavy atom. The number of benzene rings is 6. The second kappa shape index (κ2) is 11.0. The van der Waals surface area contributed by atoms with Gasteiger partial charge in [-0.2, -0.15) is 5.26 Å². The summed E-state index contributed by atoms with van der Waals surface area (Å²) in [5, 5.41) is 11.8. The molecule has 0 aliphatic carbocycles. The molecular formula is C40H25N5. The number of nitriles is 1. The van der Waals surface area contributed by atoms with E-state index in [1.54, 1.807) is 0 Å². The molecule has 0 amide bonds. The summed E-state index contributed by atoms with van der Waals surface area (Å²) >= 11 is 0. The summed E-state index contributed by atoms with van der Waals surface area (Å²) in [6, 6.07) is 53.4. The van der Waals surface area contributed by atoms with E-state index in [0.29, 0.717) is 23.0 Å². The van der Waals surface area contributed by atoms with Crippen LogP contribution in [-0.4, -0.2) is 19.5 Å². The second-order valence-corrected chi connectivity index (χ2v) is 10.8. The summed E-state index contributed by atoms with van der Waals surface area (Å²) in [5.74, 6) is 1.83. The molecule has 210 valence electrons. The van der Waals surface area contributed by atoms with Gasteiger partial charge in [0, 0.05) is 33.0 Å². The summed E-state index contributed by atoms with van der Waals surface area (Å²) < 4.78 is 2.32. The number of rotatable bonds is 5. The summed E-state index contributed by atoms with van der Waals surface area (Å²) in [6.07, 6.45) is 0. The fourth-order valence-electron chi connectivity index (χ4n) is 5.94. The van der Waals surface area contributed by atoms with E-state index < -0.39 is 0 Å². The molecule has 0 N–H and O–H groups in total. The molecule has 0 spiro atoms. The Kier molecular flexibility index (Phi) is 6.44. The van der Waals surface area contributed by atoms with Crippen LogP contribution in [0.2, 0.25) is 0 Å². The number of hydrogen-bond donors (Lipinski definition) is 0. The molecule has 45 heavy (non-hydrogen) atoms. The standard InChI is InChI=1S/C40H25N5/c41-26-27-19-21-28(22-20-27)32-24-23-31(25-37(32)45-35-17-9-7-15-33(35)34-16-8-10-18-36(34)45)40-43-38(29-11-3-1-4-12-29)42-39(44-40)30-13-5-2-6-14-30/h1-25H. The van der Waals surface area contributed by atoms with Crippen molar-refractivity contribution in [3.63, 3.8) is 0 Å². The fraction of sp³-hybridized carbons (Fsp3) is 0. The molecule has 0 radical (unpaired) electrons. The zero-order chi connectivity index (χ0) is 30.2. The number of nitrogens with zero attached hydrogens (tertiary/aromatic N) is 5. The topological polar surface area (TPSA) is 67.4 Å². The summed E-state index contributed by atoms with van der Waals surface area (Å²) in [5.41, 5.74) is 8.62. The summed E-state index contributed by atoms with van der Waals surface area (Å²) in [4.78, 5) is 14.9. The van der Waals surface area contributed by atoms with Gasteiger partial charge in [-0.3, -0.25) is 0 Å². The lowest BCUT2D eigenvalue weighted by Crippen LogP contribution is -2.02. The Labute approximate surface area is 260 Å². The highest BCUT2D eigenvalue weighted by molar-refractivity contribution is 6.09. The lowest BCUT2D eigenvalue weighted by Gasteiger charge is -2.16. The van der Waals surface area contributed by atoms with Gasteiger partial charge in [0.15, 0.2) is 17.5 Å². The molecule has 0 unspecified atom stereocenters. The highest BCUT2D eigenvalue weighted by Crippen LogP contribution is 2.38. The van der Waals surface area contributed by atoms with Gasteiger partial charge in [0.05, 0.1) is 28.4 Å². The van der Waals surface area contributed by atoms with Crippen molar-refractivity contribution >= 4 is 21.8 Å². The minimum absolute atomic E-state index is 0.594. The predicted octanol–water partition coefficient (Wildman–Crippen LogP) is 9.51. The molecule has 8 aromatic rings. The molecule has 0 saturated carbocycles. The van der Waals surface area contributed by atoms with Crippen LogP contribution in [0.15, 0.2) is 152 Å². The van der Waals surface area contributed by atoms with Gasteiger partial charge in [-0.1, -0.05) is 121 Å². The van der Waals surface area contributed by atoms with Gasteiger partial charge in [0.25, 0.3) is 0 Å². The molecule has 6 aromatic carbocycles. The average Bonchev–Trinajstić information content (AvgIpc) is 3.46. The number of hydrogen-bond acceptors (Lipinski definition) is 4. The molecule has 0 bridgehead atoms. The SMILES string of the molecule is N#Cc1ccc(-c2ccc(-c3nc(-c4ccccc4)nc(-c4ccccc4)n3)cc2-n2c3ccccc3c3ccccc32)cc1. The van der Waals surface area contributed by atoms with E-state index in [1.807, 2.05) is 84.9 Å². The molecule has 0 aliphatic heterocycles. The minimum atomic E-state index is 0.594. The van der Waals surface area contributed by atoms with Crippen LogP contribution in [-0.2, 0) is 0 Å². The van der Waals surface area contributed by atoms with Crippen LogP contribution in [0.4, 0.5) is 0 Å². The maximum Gasteiger partial charge on any atom is 0.164 e. The first kappa shape index (κ1) is 26.3. The largest absolute Gasteiger partial charge is 0.309 e. The van der Waals surface area contributed by atoms with Gasteiger partial charge in [-0.25, -0.2) is 15.0 Å². The van der Waals surface area contributed by atoms with Gasteiger partial charge in [-0.05, 0) is 35.9 Å². The van der Waals surface area contributed by atoms with Gasteiger partial charge >= 0.3 is 0 Å². The minimum Gasteiger partial charge on any atom is -0.309 e. The Morgan fingerprint density at radius 3 is 1.44 bits per heavy atom. The lowest BCUT2D eigenvalue weighted by molar-refractivity contribution is 1.07. The quantitative estimate of drug-likeness (QED) is 0.205. The van der Waals surface area contributed by atoms with Crippen molar-refractivity contribution in [2.24, 2.45) is 0 Å². The normalized spacial score (nSPS) is 11.1. The molecule has 2 heterocycles. The zero-order valence-electron chi connectivity index (χ0n) is 24.2. The Balaban J connectivity index is 1.41. The number of fused-ring (bicyclic) bond motifs is 3. The van der Waals surface area contributed by atoms with E-state index in [2.05, 4.69) is 77.4 Å². The third kappa shape index (κ3) is 4.71. The number of para-hydroxylation sites is 2. The molecule has 2 aromatic heterocycles. The van der Waals surface area contributed by atoms with E-state index in [9.17, 15) is 5.26 Å². The Bertz CT molecular complexity index is 2260. The molecule has 8 rings (SSSR count). The fourth-order valence-corrected chi connectivity index (χ4v) is 5.94. The highest BCUT2D eigenvalue weighted by atomic mass is 15.0. The van der Waals surface area contributed by atoms with Crippen LogP contribution in [0.25, 0.3) is 72.8 Å². The van der Waals surface area contributed by atoms with Crippen LogP contribution in [0.3, 0.4) is 0 Å². The molecule has 5 nitrogen and oxygen atoms in total. The van der Waals surface area contributed by atoms with Crippen LogP contribution in [0.1, 0.15) is 5.56 Å². The van der Waals surface area contributed by atoms with E-state index in [-0.39, 0.29) is 0 Å². The van der Waals surface area contributed by atoms with Crippen molar-refractivity contribution in [3.05, 3.63) is 157 Å². The lowest BCUT2D eigenvalue weighted by atomic mass is 9.99. The summed E-state index contributed by atoms with van der Waals surface area (Å²) in [7, 11) is 0. The monoisotopic (exact) mass is 575 g/mol. The second-order valence-electron chi connectivity index (χ2n) is 10.8. The molecule has 5 heteroatoms. The predicted molar refractivity (Wildman–Crippen MR) is 181 cm³/mol. The average molecular weight is 576 g/mol. The smallest absolute Gasteiger partial charge is 0.164 e. The third-order valence-corrected chi connectivity index (χ3v) is 8.10. The highest BCUT2D eigenvalue weighted by Gasteiger charge is 2.18. The first-order valence-corrected chi connectivity index (χ1v) is 14.8. The molecular weight excluding hydrogens is 550 g/mol. The molecule has 0 aliphatic rings. The van der Waals surface area contributed by atoms with E-state index >= 15 is 0 Å². The van der Waals surface area contributed by atoms with Crippen LogP contribution < -0.4 is 0 Å². The molecule has 0 fully saturated rings. The first-order valence-electron chi connectivity index (χ1n) is 14.8. The van der Waals surface area contributed by atoms with E-state index in [1.165, 1.54) is 10.8 Å². The van der Waals surface area contributed by atoms with Crippen molar-refractivity contribution in [2.75, 3.05) is 0 Å². The van der Waals surface area contributed by atoms with Crippen LogP contribution in [0, 0.1) is 11.3 Å². The van der Waals surface area contributed by atoms with E-state index in [0.717, 1.165) is 44.5 Å². The van der Waals surface area contributed by atoms with Crippen molar-refractivity contribution in [2.45, 2.75) is 0 Å². The Hall–Kier alpha value is -6.38. The van der Waals surface area contributed by atoms with Gasteiger partial charge in [-0.15, -0.1) is 0 Å². The van der Waals surface area contributed by atoms with E-state index in [4.69, 9.17) is 15.0 Å². The maximum atomic E-state index is 9.44. The van der Waals surface area contributed by atoms with Crippen molar-refractivity contribution in [1.82, 2.24) is 19.5 Å². The molecule has 0 saturated heterocycles.